The molecule has 2 aliphatic rings. The molecule has 0 saturated carbocycles. The van der Waals surface area contributed by atoms with E-state index in [-0.39, 0.29) is 0 Å². The van der Waals surface area contributed by atoms with Gasteiger partial charge in [0, 0.05) is 22.3 Å². The van der Waals surface area contributed by atoms with Gasteiger partial charge in [-0.2, -0.15) is 0 Å². The Morgan fingerprint density at radius 3 is 0.962 bits per heavy atom. The Bertz CT molecular complexity index is 2130. The molecule has 0 atom stereocenters. The highest BCUT2D eigenvalue weighted by Crippen LogP contribution is 2.54. The number of rotatable bonds is 7. The minimum Gasteiger partial charge on any atom is -0.205 e. The van der Waals surface area contributed by atoms with Crippen molar-refractivity contribution in [1.82, 2.24) is 0 Å². The number of hydrogen-bond acceptors (Lipinski definition) is 2. The van der Waals surface area contributed by atoms with Crippen LogP contribution in [0.2, 0.25) is 26.2 Å². The normalized spacial score (nSPS) is 14.5. The Hall–Kier alpha value is -5.21. The molecule has 0 heterocycles. The van der Waals surface area contributed by atoms with E-state index in [1.54, 1.807) is 0 Å². The third-order valence-electron chi connectivity index (χ3n) is 10.2. The van der Waals surface area contributed by atoms with Gasteiger partial charge >= 0.3 is 0 Å². The van der Waals surface area contributed by atoms with E-state index in [0.717, 1.165) is 56.6 Å². The first-order valence-electron chi connectivity index (χ1n) is 18.1. The second-order valence-electron chi connectivity index (χ2n) is 15.3. The zero-order valence-electron chi connectivity index (χ0n) is 30.2. The summed E-state index contributed by atoms with van der Waals surface area (Å²) in [5.74, 6) is 7.57. The molecule has 0 aromatic heterocycles. The maximum atomic E-state index is 7.14. The molecule has 6 aromatic rings. The van der Waals surface area contributed by atoms with E-state index in [2.05, 4.69) is 207 Å². The summed E-state index contributed by atoms with van der Waals surface area (Å²) >= 11 is 0. The van der Waals surface area contributed by atoms with Crippen molar-refractivity contribution in [2.24, 2.45) is 0 Å². The van der Waals surface area contributed by atoms with Crippen LogP contribution in [0.25, 0.3) is 22.3 Å². The van der Waals surface area contributed by atoms with Crippen LogP contribution in [-0.2, 0) is 33.1 Å². The van der Waals surface area contributed by atoms with Crippen LogP contribution in [0, 0.1) is 22.9 Å². The lowest BCUT2D eigenvalue weighted by Gasteiger charge is -2.32. The maximum absolute atomic E-state index is 7.14. The molecule has 2 nitrogen and oxygen atoms in total. The summed E-state index contributed by atoms with van der Waals surface area (Å²) in [7, 11) is -4.18. The molecule has 0 unspecified atom stereocenters. The van der Waals surface area contributed by atoms with Gasteiger partial charge in [0.25, 0.3) is 0 Å². The minimum absolute atomic E-state index is 0.943. The van der Waals surface area contributed by atoms with Gasteiger partial charge in [-0.05, 0) is 45.5 Å². The predicted molar refractivity (Wildman–Crippen MR) is 218 cm³/mol. The summed E-state index contributed by atoms with van der Waals surface area (Å²) in [6.45, 7) is 9.35. The molecule has 4 heteroatoms. The van der Waals surface area contributed by atoms with E-state index in [4.69, 9.17) is 9.78 Å². The van der Waals surface area contributed by atoms with Crippen molar-refractivity contribution in [3.8, 4) is 45.2 Å². The summed E-state index contributed by atoms with van der Waals surface area (Å²) in [6, 6.07) is 57.1. The fraction of sp³-hybridized carbons (Fsp3) is 0.167. The van der Waals surface area contributed by atoms with Gasteiger partial charge in [-0.15, -0.1) is 11.1 Å². The van der Waals surface area contributed by atoms with Gasteiger partial charge in [-0.25, -0.2) is 9.78 Å². The van der Waals surface area contributed by atoms with Gasteiger partial charge in [0.15, 0.2) is 0 Å². The zero-order valence-corrected chi connectivity index (χ0v) is 32.2. The Kier molecular flexibility index (Phi) is 8.74. The monoisotopic (exact) mass is 706 g/mol. The van der Waals surface area contributed by atoms with Crippen molar-refractivity contribution in [1.29, 1.82) is 0 Å². The average molecular weight is 707 g/mol. The van der Waals surface area contributed by atoms with Gasteiger partial charge in [0.1, 0.15) is 16.1 Å². The highest BCUT2D eigenvalue weighted by Gasteiger charge is 2.50. The molecule has 0 saturated heterocycles. The lowest BCUT2D eigenvalue weighted by Crippen LogP contribution is -2.37. The highest BCUT2D eigenvalue weighted by molar-refractivity contribution is 6.85. The van der Waals surface area contributed by atoms with E-state index in [0.29, 0.717) is 0 Å². The van der Waals surface area contributed by atoms with Crippen molar-refractivity contribution in [2.75, 3.05) is 0 Å². The molecule has 0 fully saturated rings. The van der Waals surface area contributed by atoms with Gasteiger partial charge in [0.05, 0.1) is 0 Å². The van der Waals surface area contributed by atoms with Gasteiger partial charge < -0.3 is 0 Å². The van der Waals surface area contributed by atoms with Crippen molar-refractivity contribution >= 4 is 16.1 Å². The van der Waals surface area contributed by atoms with Crippen LogP contribution in [0.4, 0.5) is 0 Å². The van der Waals surface area contributed by atoms with Gasteiger partial charge in [-0.1, -0.05) is 196 Å². The lowest BCUT2D eigenvalue weighted by atomic mass is 9.91. The Labute approximate surface area is 310 Å². The van der Waals surface area contributed by atoms with E-state index in [9.17, 15) is 0 Å². The predicted octanol–water partition coefficient (Wildman–Crippen LogP) is 10.8. The number of fused-ring (bicyclic) bond motifs is 6. The molecule has 2 aliphatic carbocycles. The smallest absolute Gasteiger partial charge is 0.205 e. The molecule has 8 rings (SSSR count). The fourth-order valence-electron chi connectivity index (χ4n) is 7.82. The largest absolute Gasteiger partial charge is 0.214 e. The average Bonchev–Trinajstić information content (AvgIpc) is 3.61. The summed E-state index contributed by atoms with van der Waals surface area (Å²) in [5, 5.41) is 0. The van der Waals surface area contributed by atoms with Crippen LogP contribution in [0.3, 0.4) is 0 Å². The Morgan fingerprint density at radius 1 is 0.385 bits per heavy atom. The summed E-state index contributed by atoms with van der Waals surface area (Å²) in [4.78, 5) is 14.3. The number of benzene rings is 6. The summed E-state index contributed by atoms with van der Waals surface area (Å²) in [6.07, 6.45) is 0. The SMILES string of the molecule is C[Si](C)(C#CC1(OOC2(C#C[Si](C)(C)Cc3ccccc3)c3ccccc3-c3ccccc32)c2ccccc2-c2ccccc21)Cc1ccccc1. The van der Waals surface area contributed by atoms with E-state index in [1.165, 1.54) is 11.1 Å². The first-order valence-corrected chi connectivity index (χ1v) is 24.5. The van der Waals surface area contributed by atoms with Crippen LogP contribution < -0.4 is 0 Å². The first kappa shape index (κ1) is 33.9. The van der Waals surface area contributed by atoms with Crippen LogP contribution in [0.15, 0.2) is 158 Å². The summed E-state index contributed by atoms with van der Waals surface area (Å²) < 4.78 is 0. The van der Waals surface area contributed by atoms with Crippen molar-refractivity contribution in [3.63, 3.8) is 0 Å². The molecular formula is C48H42O2Si2. The molecule has 52 heavy (non-hydrogen) atoms. The first-order chi connectivity index (χ1) is 25.2. The maximum Gasteiger partial charge on any atom is 0.214 e. The van der Waals surface area contributed by atoms with Crippen LogP contribution in [0.5, 0.6) is 0 Å². The zero-order chi connectivity index (χ0) is 35.8. The molecule has 0 N–H and O–H groups in total. The molecular weight excluding hydrogens is 665 g/mol. The molecule has 6 aromatic carbocycles. The third-order valence-corrected chi connectivity index (χ3v) is 14.4. The van der Waals surface area contributed by atoms with E-state index >= 15 is 0 Å². The quantitative estimate of drug-likeness (QED) is 0.0712. The molecule has 254 valence electrons. The van der Waals surface area contributed by atoms with Crippen molar-refractivity contribution in [3.05, 3.63) is 191 Å². The van der Waals surface area contributed by atoms with E-state index in [1.807, 2.05) is 0 Å². The van der Waals surface area contributed by atoms with Crippen molar-refractivity contribution < 1.29 is 9.78 Å². The molecule has 0 radical (unpaired) electrons. The van der Waals surface area contributed by atoms with Crippen LogP contribution in [-0.4, -0.2) is 16.1 Å². The standard InChI is InChI=1S/C48H42O2Si2/c1-51(2,35-37-19-7-5-8-20-37)33-31-47(43-27-15-11-23-39(43)40-24-12-16-28-44(40)47)49-50-48(32-34-52(3,4)36-38-21-9-6-10-22-38)45-29-17-13-25-41(45)42-26-14-18-30-46(42)48/h5-30H,35-36H2,1-4H3. The van der Waals surface area contributed by atoms with E-state index < -0.39 is 27.3 Å². The van der Waals surface area contributed by atoms with Gasteiger partial charge in [-0.3, -0.25) is 0 Å². The van der Waals surface area contributed by atoms with Crippen LogP contribution >= 0.6 is 0 Å². The molecule has 0 spiro atoms. The second kappa shape index (κ2) is 13.4. The topological polar surface area (TPSA) is 18.5 Å². The minimum atomic E-state index is -2.09. The van der Waals surface area contributed by atoms with Crippen LogP contribution in [0.1, 0.15) is 33.4 Å². The fourth-order valence-corrected chi connectivity index (χ4v) is 11.5. The van der Waals surface area contributed by atoms with Crippen molar-refractivity contribution in [2.45, 2.75) is 49.5 Å². The third kappa shape index (κ3) is 6.19. The molecule has 0 bridgehead atoms. The summed E-state index contributed by atoms with van der Waals surface area (Å²) in [5.41, 5.74) is 16.4. The highest BCUT2D eigenvalue weighted by atomic mass is 28.3. The Balaban J connectivity index is 1.29. The van der Waals surface area contributed by atoms with Gasteiger partial charge in [0.2, 0.25) is 11.2 Å². The Morgan fingerprint density at radius 2 is 0.654 bits per heavy atom. The lowest BCUT2D eigenvalue weighted by molar-refractivity contribution is -0.378. The number of hydrogen-bond donors (Lipinski definition) is 0. The second-order valence-corrected chi connectivity index (χ2v) is 24.0. The molecule has 0 amide bonds. The molecule has 0 aliphatic heterocycles.